The molecule has 0 aliphatic rings. The molecule has 0 aliphatic carbocycles. The van der Waals surface area contributed by atoms with E-state index < -0.39 is 7.60 Å². The molecule has 26 heavy (non-hydrogen) atoms. The fourth-order valence-electron chi connectivity index (χ4n) is 2.31. The number of allylic oxidation sites excluding steroid dienone is 8. The Morgan fingerprint density at radius 1 is 0.692 bits per heavy atom. The van der Waals surface area contributed by atoms with Crippen LogP contribution in [0.15, 0.2) is 48.6 Å². The van der Waals surface area contributed by atoms with Crippen LogP contribution in [0.1, 0.15) is 64.2 Å². The van der Waals surface area contributed by atoms with E-state index in [9.17, 15) is 4.57 Å². The summed E-state index contributed by atoms with van der Waals surface area (Å²) in [6, 6.07) is 0. The Morgan fingerprint density at radius 2 is 1.15 bits per heavy atom. The highest BCUT2D eigenvalue weighted by Crippen LogP contribution is 2.35. The van der Waals surface area contributed by atoms with E-state index in [2.05, 4.69) is 48.6 Å². The van der Waals surface area contributed by atoms with Gasteiger partial charge in [-0.1, -0.05) is 55.0 Å². The summed E-state index contributed by atoms with van der Waals surface area (Å²) < 4.78 is 15.7. The Balaban J connectivity index is 3.42. The van der Waals surface area contributed by atoms with E-state index >= 15 is 0 Å². The zero-order valence-electron chi connectivity index (χ0n) is 16.3. The van der Waals surface area contributed by atoms with Crippen LogP contribution >= 0.6 is 7.60 Å². The van der Waals surface area contributed by atoms with Crippen LogP contribution in [0, 0.1) is 0 Å². The predicted octanol–water partition coefficient (Wildman–Crippen LogP) is 5.94. The summed E-state index contributed by atoms with van der Waals surface area (Å²) >= 11 is 0. The molecule has 0 fully saturated rings. The molecule has 0 atom stereocenters. The largest absolute Gasteiger partial charge is 0.385 e. The van der Waals surface area contributed by atoms with Crippen molar-refractivity contribution in [2.45, 2.75) is 64.2 Å². The topological polar surface area (TPSA) is 66.8 Å². The highest BCUT2D eigenvalue weighted by atomic mass is 31.2. The van der Waals surface area contributed by atoms with Crippen molar-refractivity contribution in [2.75, 3.05) is 19.9 Å². The van der Waals surface area contributed by atoms with Crippen molar-refractivity contribution in [3.63, 3.8) is 0 Å². The van der Waals surface area contributed by atoms with Gasteiger partial charge in [-0.3, -0.25) is 4.57 Å². The Labute approximate surface area is 159 Å². The van der Waals surface area contributed by atoms with Crippen LogP contribution in [0.4, 0.5) is 0 Å². The van der Waals surface area contributed by atoms with Crippen LogP contribution in [0.3, 0.4) is 0 Å². The van der Waals surface area contributed by atoms with E-state index in [1.54, 1.807) is 7.11 Å². The third-order valence-corrected chi connectivity index (χ3v) is 4.67. The Hall–Kier alpha value is -0.930. The van der Waals surface area contributed by atoms with E-state index in [4.69, 9.17) is 14.5 Å². The molecule has 0 aliphatic heterocycles. The molecule has 0 bridgehead atoms. The van der Waals surface area contributed by atoms with Crippen molar-refractivity contribution in [1.82, 2.24) is 0 Å². The molecule has 0 aromatic heterocycles. The zero-order valence-corrected chi connectivity index (χ0v) is 17.2. The molecule has 2 N–H and O–H groups in total. The van der Waals surface area contributed by atoms with Crippen molar-refractivity contribution < 1.29 is 19.1 Å². The first kappa shape index (κ1) is 25.1. The minimum Gasteiger partial charge on any atom is -0.385 e. The van der Waals surface area contributed by atoms with Crippen molar-refractivity contribution in [3.8, 4) is 0 Å². The summed E-state index contributed by atoms with van der Waals surface area (Å²) in [6.45, 7) is 0.870. The van der Waals surface area contributed by atoms with Gasteiger partial charge in [0.2, 0.25) is 0 Å². The standard InChI is InChI=1S/C21H37O4P/c1-25-20-18-16-14-12-10-8-6-4-2-3-5-7-9-11-13-15-17-19-21-26(22,23)24/h2,4-5,7-8,10-11,13H,3,6,9,12,14-21H2,1H3,(H2,22,23,24). The van der Waals surface area contributed by atoms with E-state index in [0.29, 0.717) is 6.42 Å². The number of methoxy groups -OCH3 is 1. The summed E-state index contributed by atoms with van der Waals surface area (Å²) in [5, 5.41) is 0. The van der Waals surface area contributed by atoms with Gasteiger partial charge in [0.15, 0.2) is 0 Å². The molecular formula is C21H37O4P. The van der Waals surface area contributed by atoms with Gasteiger partial charge in [0.25, 0.3) is 0 Å². The Bertz CT molecular complexity index is 461. The summed E-state index contributed by atoms with van der Waals surface area (Å²) in [6.07, 6.45) is 27.3. The highest BCUT2D eigenvalue weighted by molar-refractivity contribution is 7.51. The summed E-state index contributed by atoms with van der Waals surface area (Å²) in [5.41, 5.74) is 0. The summed E-state index contributed by atoms with van der Waals surface area (Å²) in [7, 11) is -2.06. The minimum atomic E-state index is -3.81. The maximum absolute atomic E-state index is 10.7. The maximum Gasteiger partial charge on any atom is 0.325 e. The molecule has 5 heteroatoms. The van der Waals surface area contributed by atoms with Crippen molar-refractivity contribution in [3.05, 3.63) is 48.6 Å². The second kappa shape index (κ2) is 18.8. The average molecular weight is 384 g/mol. The van der Waals surface area contributed by atoms with Crippen LogP contribution in [-0.4, -0.2) is 29.7 Å². The second-order valence-electron chi connectivity index (χ2n) is 6.32. The molecule has 0 rings (SSSR count). The third kappa shape index (κ3) is 23.1. The fraction of sp³-hybridized carbons (Fsp3) is 0.619. The SMILES string of the molecule is COCCCCCC=CCC=CCC=CCC=CCCCCP(=O)(O)O. The minimum absolute atomic E-state index is 0.00332. The third-order valence-electron chi connectivity index (χ3n) is 3.77. The molecule has 0 saturated heterocycles. The lowest BCUT2D eigenvalue weighted by Crippen LogP contribution is -1.87. The molecule has 0 radical (unpaired) electrons. The van der Waals surface area contributed by atoms with Crippen molar-refractivity contribution in [2.24, 2.45) is 0 Å². The Morgan fingerprint density at radius 3 is 1.62 bits per heavy atom. The van der Waals surface area contributed by atoms with Gasteiger partial charge in [-0.2, -0.15) is 0 Å². The van der Waals surface area contributed by atoms with E-state index in [1.807, 2.05) is 0 Å². The fourth-order valence-corrected chi connectivity index (χ4v) is 2.95. The number of rotatable bonds is 17. The zero-order chi connectivity index (χ0) is 19.3. The first-order valence-electron chi connectivity index (χ1n) is 9.70. The first-order valence-corrected chi connectivity index (χ1v) is 11.5. The quantitative estimate of drug-likeness (QED) is 0.185. The van der Waals surface area contributed by atoms with Crippen LogP contribution in [0.5, 0.6) is 0 Å². The number of ether oxygens (including phenoxy) is 1. The summed E-state index contributed by atoms with van der Waals surface area (Å²) in [5.74, 6) is 0. The Kier molecular flexibility index (Phi) is 18.2. The van der Waals surface area contributed by atoms with E-state index in [1.165, 1.54) is 12.8 Å². The molecule has 0 aromatic rings. The molecule has 0 aromatic carbocycles. The number of hydrogen-bond acceptors (Lipinski definition) is 2. The van der Waals surface area contributed by atoms with Gasteiger partial charge in [0.05, 0.1) is 0 Å². The average Bonchev–Trinajstić information content (AvgIpc) is 2.59. The molecule has 0 unspecified atom stereocenters. The van der Waals surface area contributed by atoms with Crippen LogP contribution in [0.25, 0.3) is 0 Å². The molecule has 0 heterocycles. The smallest absolute Gasteiger partial charge is 0.325 e. The van der Waals surface area contributed by atoms with Crippen LogP contribution in [0.2, 0.25) is 0 Å². The lowest BCUT2D eigenvalue weighted by Gasteiger charge is -2.01. The van der Waals surface area contributed by atoms with Gasteiger partial charge in [-0.05, 0) is 57.8 Å². The second-order valence-corrected chi connectivity index (χ2v) is 8.10. The van der Waals surface area contributed by atoms with Gasteiger partial charge >= 0.3 is 7.60 Å². The predicted molar refractivity (Wildman–Crippen MR) is 112 cm³/mol. The molecule has 0 spiro atoms. The molecule has 150 valence electrons. The normalized spacial score (nSPS) is 13.2. The highest BCUT2D eigenvalue weighted by Gasteiger charge is 2.10. The van der Waals surface area contributed by atoms with E-state index in [0.717, 1.165) is 51.6 Å². The van der Waals surface area contributed by atoms with Gasteiger partial charge in [-0.15, -0.1) is 0 Å². The monoisotopic (exact) mass is 384 g/mol. The lowest BCUT2D eigenvalue weighted by molar-refractivity contribution is 0.192. The molecule has 0 saturated carbocycles. The van der Waals surface area contributed by atoms with Crippen LogP contribution < -0.4 is 0 Å². The van der Waals surface area contributed by atoms with Gasteiger partial charge in [0.1, 0.15) is 0 Å². The lowest BCUT2D eigenvalue weighted by atomic mass is 10.2. The van der Waals surface area contributed by atoms with Crippen LogP contribution in [-0.2, 0) is 9.30 Å². The molecule has 4 nitrogen and oxygen atoms in total. The van der Waals surface area contributed by atoms with Crippen molar-refractivity contribution in [1.29, 1.82) is 0 Å². The van der Waals surface area contributed by atoms with E-state index in [-0.39, 0.29) is 6.16 Å². The van der Waals surface area contributed by atoms with Gasteiger partial charge < -0.3 is 14.5 Å². The van der Waals surface area contributed by atoms with Gasteiger partial charge in [-0.25, -0.2) is 0 Å². The maximum atomic E-state index is 10.7. The molecule has 0 amide bonds. The summed E-state index contributed by atoms with van der Waals surface area (Å²) in [4.78, 5) is 17.5. The number of unbranched alkanes of at least 4 members (excludes halogenated alkanes) is 5. The first-order chi connectivity index (χ1) is 12.6. The number of hydrogen-bond donors (Lipinski definition) is 2. The molecular weight excluding hydrogens is 347 g/mol. The van der Waals surface area contributed by atoms with Gasteiger partial charge in [0, 0.05) is 19.9 Å². The van der Waals surface area contributed by atoms with Crippen molar-refractivity contribution >= 4 is 7.60 Å².